The van der Waals surface area contributed by atoms with Gasteiger partial charge in [0.15, 0.2) is 4.34 Å². The smallest absolute Gasteiger partial charge is 0.238 e. The Morgan fingerprint density at radius 3 is 2.83 bits per heavy atom. The number of nitriles is 1. The van der Waals surface area contributed by atoms with Crippen molar-refractivity contribution in [3.63, 3.8) is 0 Å². The van der Waals surface area contributed by atoms with Crippen molar-refractivity contribution >= 4 is 45.3 Å². The van der Waals surface area contributed by atoms with Gasteiger partial charge in [-0.2, -0.15) is 5.26 Å². The topological polar surface area (TPSA) is 65.8 Å². The van der Waals surface area contributed by atoms with Crippen molar-refractivity contribution in [3.05, 3.63) is 52.7 Å². The number of nitrogens with one attached hydrogen (secondary N) is 1. The molecule has 0 aliphatic rings. The van der Waals surface area contributed by atoms with E-state index < -0.39 is 0 Å². The summed E-state index contributed by atoms with van der Waals surface area (Å²) in [5.74, 6) is -0.129. The third-order valence-electron chi connectivity index (χ3n) is 3.22. The molecule has 0 aliphatic carbocycles. The number of amides is 1. The van der Waals surface area contributed by atoms with E-state index in [1.165, 1.54) is 34.4 Å². The maximum Gasteiger partial charge on any atom is 0.238 e. The second-order valence-corrected chi connectivity index (χ2v) is 8.25. The molecule has 1 aromatic carbocycles. The molecule has 0 aliphatic heterocycles. The van der Waals surface area contributed by atoms with Crippen LogP contribution in [-0.2, 0) is 4.79 Å². The van der Waals surface area contributed by atoms with Gasteiger partial charge in [-0.3, -0.25) is 4.79 Å². The first-order valence-electron chi connectivity index (χ1n) is 7.13. The normalized spacial score (nSPS) is 11.7. The van der Waals surface area contributed by atoms with Crippen molar-refractivity contribution in [3.8, 4) is 17.3 Å². The lowest BCUT2D eigenvalue weighted by Crippen LogP contribution is -2.22. The van der Waals surface area contributed by atoms with Gasteiger partial charge >= 0.3 is 0 Å². The van der Waals surface area contributed by atoms with Gasteiger partial charge in [-0.15, -0.1) is 22.7 Å². The second kappa shape index (κ2) is 7.62. The van der Waals surface area contributed by atoms with E-state index >= 15 is 0 Å². The zero-order valence-electron chi connectivity index (χ0n) is 12.7. The van der Waals surface area contributed by atoms with E-state index in [0.717, 1.165) is 15.6 Å². The van der Waals surface area contributed by atoms with Crippen LogP contribution in [0, 0.1) is 11.3 Å². The van der Waals surface area contributed by atoms with Crippen LogP contribution in [0.5, 0.6) is 0 Å². The third-order valence-corrected chi connectivity index (χ3v) is 6.12. The molecule has 1 N–H and O–H groups in total. The van der Waals surface area contributed by atoms with Gasteiger partial charge < -0.3 is 5.32 Å². The molecule has 0 saturated carbocycles. The van der Waals surface area contributed by atoms with Gasteiger partial charge in [-0.05, 0) is 18.4 Å². The molecule has 0 radical (unpaired) electrons. The summed E-state index contributed by atoms with van der Waals surface area (Å²) < 4.78 is 0.850. The number of anilines is 1. The minimum Gasteiger partial charge on any atom is -0.316 e. The fourth-order valence-electron chi connectivity index (χ4n) is 1.97. The minimum absolute atomic E-state index is 0.129. The molecule has 2 heterocycles. The molecule has 3 rings (SSSR count). The van der Waals surface area contributed by atoms with Crippen LogP contribution in [0.25, 0.3) is 11.3 Å². The summed E-state index contributed by atoms with van der Waals surface area (Å²) in [5.41, 5.74) is 2.47. The van der Waals surface area contributed by atoms with E-state index in [-0.39, 0.29) is 11.2 Å². The van der Waals surface area contributed by atoms with E-state index in [0.29, 0.717) is 10.6 Å². The van der Waals surface area contributed by atoms with Crippen LogP contribution in [0.15, 0.2) is 51.5 Å². The summed E-state index contributed by atoms with van der Waals surface area (Å²) in [6.07, 6.45) is 0. The van der Waals surface area contributed by atoms with Crippen molar-refractivity contribution in [1.29, 1.82) is 5.26 Å². The molecule has 7 heteroatoms. The summed E-state index contributed by atoms with van der Waals surface area (Å²) in [6, 6.07) is 13.7. The largest absolute Gasteiger partial charge is 0.316 e. The minimum atomic E-state index is -0.298. The van der Waals surface area contributed by atoms with Crippen LogP contribution >= 0.6 is 34.4 Å². The Kier molecular flexibility index (Phi) is 5.30. The van der Waals surface area contributed by atoms with Crippen LogP contribution in [0.4, 0.5) is 5.00 Å². The highest BCUT2D eigenvalue weighted by atomic mass is 32.2. The molecule has 1 amide bonds. The van der Waals surface area contributed by atoms with Crippen molar-refractivity contribution in [2.24, 2.45) is 0 Å². The first kappa shape index (κ1) is 16.7. The van der Waals surface area contributed by atoms with Crippen LogP contribution in [0.2, 0.25) is 0 Å². The quantitative estimate of drug-likeness (QED) is 0.650. The summed E-state index contributed by atoms with van der Waals surface area (Å²) in [4.78, 5) is 16.9. The number of rotatable bonds is 5. The van der Waals surface area contributed by atoms with Gasteiger partial charge in [0.2, 0.25) is 5.91 Å². The maximum atomic E-state index is 12.3. The zero-order chi connectivity index (χ0) is 16.9. The molecule has 1 atom stereocenters. The molecule has 0 spiro atoms. The number of hydrogen-bond donors (Lipinski definition) is 1. The Labute approximate surface area is 152 Å². The van der Waals surface area contributed by atoms with Gasteiger partial charge in [0.05, 0.1) is 16.5 Å². The Bertz CT molecular complexity index is 880. The van der Waals surface area contributed by atoms with E-state index in [2.05, 4.69) is 16.4 Å². The van der Waals surface area contributed by atoms with Crippen LogP contribution in [0.1, 0.15) is 12.5 Å². The summed E-state index contributed by atoms with van der Waals surface area (Å²) in [6.45, 7) is 1.84. The lowest BCUT2D eigenvalue weighted by Gasteiger charge is -2.09. The van der Waals surface area contributed by atoms with Crippen LogP contribution < -0.4 is 5.32 Å². The second-order valence-electron chi connectivity index (χ2n) is 4.89. The lowest BCUT2D eigenvalue weighted by atomic mass is 10.2. The highest BCUT2D eigenvalue weighted by molar-refractivity contribution is 8.02. The average molecular weight is 372 g/mol. The molecule has 0 bridgehead atoms. The number of aromatic nitrogens is 1. The van der Waals surface area contributed by atoms with Gasteiger partial charge in [-0.1, -0.05) is 42.1 Å². The fraction of sp³-hybridized carbons (Fsp3) is 0.118. The van der Waals surface area contributed by atoms with Crippen LogP contribution in [0.3, 0.4) is 0 Å². The van der Waals surface area contributed by atoms with E-state index in [1.807, 2.05) is 42.6 Å². The Morgan fingerprint density at radius 1 is 1.29 bits per heavy atom. The summed E-state index contributed by atoms with van der Waals surface area (Å²) >= 11 is 4.30. The SMILES string of the molecule is C[C@H](Sc1nc(-c2ccccc2)cs1)C(=O)Nc1sccc1C#N. The first-order valence-corrected chi connectivity index (χ1v) is 9.77. The first-order chi connectivity index (χ1) is 11.7. The lowest BCUT2D eigenvalue weighted by molar-refractivity contribution is -0.115. The van der Waals surface area contributed by atoms with Gasteiger partial charge in [0.25, 0.3) is 0 Å². The zero-order valence-corrected chi connectivity index (χ0v) is 15.2. The van der Waals surface area contributed by atoms with Gasteiger partial charge in [-0.25, -0.2) is 4.98 Å². The molecule has 0 unspecified atom stereocenters. The van der Waals surface area contributed by atoms with Gasteiger partial charge in [0, 0.05) is 10.9 Å². The maximum absolute atomic E-state index is 12.3. The van der Waals surface area contributed by atoms with E-state index in [9.17, 15) is 4.79 Å². The molecule has 0 fully saturated rings. The number of thioether (sulfide) groups is 1. The molecule has 3 aromatic rings. The monoisotopic (exact) mass is 371 g/mol. The Hall–Kier alpha value is -2.14. The molecule has 24 heavy (non-hydrogen) atoms. The molecular weight excluding hydrogens is 358 g/mol. The number of thiazole rings is 1. The highest BCUT2D eigenvalue weighted by Gasteiger charge is 2.18. The van der Waals surface area contributed by atoms with E-state index in [4.69, 9.17) is 5.26 Å². The summed E-state index contributed by atoms with van der Waals surface area (Å²) in [5, 5.41) is 15.9. The number of benzene rings is 1. The van der Waals surface area contributed by atoms with Crippen molar-refractivity contribution < 1.29 is 4.79 Å². The predicted octanol–water partition coefficient (Wildman–Crippen LogP) is 4.86. The number of thiophene rings is 1. The standard InChI is InChI=1S/C17H13N3OS3/c1-11(15(21)20-16-13(9-18)7-8-22-16)24-17-19-14(10-23-17)12-5-3-2-4-6-12/h2-8,10-11H,1H3,(H,20,21)/t11-/m0/s1. The van der Waals surface area contributed by atoms with Crippen molar-refractivity contribution in [2.75, 3.05) is 5.32 Å². The fourth-order valence-corrected chi connectivity index (χ4v) is 4.68. The van der Waals surface area contributed by atoms with Gasteiger partial charge in [0.1, 0.15) is 11.1 Å². The predicted molar refractivity (Wildman–Crippen MR) is 101 cm³/mol. The number of hydrogen-bond acceptors (Lipinski definition) is 6. The van der Waals surface area contributed by atoms with Crippen molar-refractivity contribution in [1.82, 2.24) is 4.98 Å². The van der Waals surface area contributed by atoms with Crippen molar-refractivity contribution in [2.45, 2.75) is 16.5 Å². The third kappa shape index (κ3) is 3.85. The highest BCUT2D eigenvalue weighted by Crippen LogP contribution is 2.31. The molecule has 0 saturated heterocycles. The number of carbonyl (C=O) groups is 1. The molecule has 2 aromatic heterocycles. The molecule has 4 nitrogen and oxygen atoms in total. The molecule has 120 valence electrons. The Morgan fingerprint density at radius 2 is 2.08 bits per heavy atom. The summed E-state index contributed by atoms with van der Waals surface area (Å²) in [7, 11) is 0. The average Bonchev–Trinajstić information content (AvgIpc) is 3.24. The Balaban J connectivity index is 1.65. The number of carbonyl (C=O) groups excluding carboxylic acids is 1. The van der Waals surface area contributed by atoms with Crippen LogP contribution in [-0.4, -0.2) is 16.1 Å². The van der Waals surface area contributed by atoms with E-state index in [1.54, 1.807) is 11.4 Å². The molecular formula is C17H13N3OS3. The number of nitrogens with zero attached hydrogens (tertiary/aromatic N) is 2.